The molecule has 0 saturated carbocycles. The quantitative estimate of drug-likeness (QED) is 0.484. The van der Waals surface area contributed by atoms with Gasteiger partial charge in [-0.05, 0) is 19.1 Å². The van der Waals surface area contributed by atoms with Gasteiger partial charge in [0, 0.05) is 12.0 Å². The molecule has 0 fully saturated rings. The van der Waals surface area contributed by atoms with Gasteiger partial charge in [-0.15, -0.1) is 0 Å². The van der Waals surface area contributed by atoms with Crippen molar-refractivity contribution >= 4 is 16.0 Å². The Bertz CT molecular complexity index is 625. The van der Waals surface area contributed by atoms with Gasteiger partial charge in [-0.3, -0.25) is 0 Å². The molecule has 1 rings (SSSR count). The number of rotatable bonds is 4. The number of benzene rings is 1. The number of carbonyl (C=O) groups is 1. The van der Waals surface area contributed by atoms with Crippen LogP contribution in [0.1, 0.15) is 5.56 Å². The van der Waals surface area contributed by atoms with Gasteiger partial charge in [-0.25, -0.2) is 17.5 Å². The fourth-order valence-corrected chi connectivity index (χ4v) is 2.55. The van der Waals surface area contributed by atoms with Crippen molar-refractivity contribution < 1.29 is 23.1 Å². The van der Waals surface area contributed by atoms with Crippen molar-refractivity contribution in [2.75, 3.05) is 20.3 Å². The highest BCUT2D eigenvalue weighted by molar-refractivity contribution is 7.89. The highest BCUT2D eigenvalue weighted by Crippen LogP contribution is 2.15. The number of aliphatic hydroxyl groups excluding tert-OH is 1. The van der Waals surface area contributed by atoms with Crippen LogP contribution in [0, 0.1) is 18.9 Å². The molecule has 0 aromatic heterocycles. The zero-order valence-corrected chi connectivity index (χ0v) is 12.0. The molecule has 1 aromatic rings. The van der Waals surface area contributed by atoms with E-state index in [9.17, 15) is 13.2 Å². The smallest absolute Gasteiger partial charge is 0.385 e. The molecule has 1 aromatic carbocycles. The molecule has 7 heteroatoms. The Morgan fingerprint density at radius 1 is 1.35 bits per heavy atom. The lowest BCUT2D eigenvalue weighted by molar-refractivity contribution is -0.133. The van der Waals surface area contributed by atoms with Gasteiger partial charge in [-0.2, -0.15) is 0 Å². The van der Waals surface area contributed by atoms with E-state index in [0.717, 1.165) is 12.7 Å². The van der Waals surface area contributed by atoms with Gasteiger partial charge < -0.3 is 9.84 Å². The van der Waals surface area contributed by atoms with Crippen molar-refractivity contribution in [2.24, 2.45) is 0 Å². The van der Waals surface area contributed by atoms with Crippen molar-refractivity contribution in [3.05, 3.63) is 29.8 Å². The molecule has 0 aliphatic rings. The maximum Gasteiger partial charge on any atom is 0.385 e. The Kier molecular flexibility index (Phi) is 5.55. The Labute approximate surface area is 118 Å². The van der Waals surface area contributed by atoms with Gasteiger partial charge in [0.1, 0.15) is 0 Å². The fourth-order valence-electron chi connectivity index (χ4n) is 1.32. The van der Waals surface area contributed by atoms with Gasteiger partial charge in [-0.1, -0.05) is 17.7 Å². The highest BCUT2D eigenvalue weighted by atomic mass is 32.2. The van der Waals surface area contributed by atoms with Crippen LogP contribution in [0.4, 0.5) is 0 Å². The first kappa shape index (κ1) is 16.0. The third kappa shape index (κ3) is 3.98. The lowest BCUT2D eigenvalue weighted by atomic mass is 10.2. The molecule has 6 nitrogen and oxygen atoms in total. The molecule has 0 aliphatic heterocycles. The number of hydrogen-bond acceptors (Lipinski definition) is 5. The fraction of sp³-hybridized carbons (Fsp3) is 0.308. The van der Waals surface area contributed by atoms with E-state index in [1.807, 2.05) is 12.8 Å². The zero-order chi connectivity index (χ0) is 15.2. The minimum absolute atomic E-state index is 0.0377. The number of nitrogens with zero attached hydrogens (tertiary/aromatic N) is 1. The molecule has 0 saturated heterocycles. The standard InChI is InChI=1S/C13H15NO5S/c1-11-3-5-12(6-4-11)20(17,18)14(9-10-15)8-7-13(16)19-2/h3-6,15H,9-10H2,1-2H3. The van der Waals surface area contributed by atoms with Crippen molar-refractivity contribution in [3.63, 3.8) is 0 Å². The molecule has 0 amide bonds. The molecular formula is C13H15NO5S. The Morgan fingerprint density at radius 3 is 2.45 bits per heavy atom. The number of aryl methyl sites for hydroxylation is 1. The molecule has 0 radical (unpaired) electrons. The molecule has 0 unspecified atom stereocenters. The average molecular weight is 297 g/mol. The van der Waals surface area contributed by atoms with E-state index in [-0.39, 0.29) is 11.4 Å². The van der Waals surface area contributed by atoms with E-state index < -0.39 is 22.6 Å². The summed E-state index contributed by atoms with van der Waals surface area (Å²) in [5, 5.41) is 8.92. The van der Waals surface area contributed by atoms with Crippen LogP contribution < -0.4 is 0 Å². The van der Waals surface area contributed by atoms with Crippen molar-refractivity contribution in [3.8, 4) is 12.0 Å². The monoisotopic (exact) mass is 297 g/mol. The lowest BCUT2D eigenvalue weighted by Crippen LogP contribution is -2.29. The molecule has 0 spiro atoms. The summed E-state index contributed by atoms with van der Waals surface area (Å²) in [4.78, 5) is 11.0. The van der Waals surface area contributed by atoms with Crippen LogP contribution >= 0.6 is 0 Å². The molecule has 1 N–H and O–H groups in total. The SMILES string of the molecule is COC(=O)C#CN(CCO)S(=O)(=O)c1ccc(C)cc1. The van der Waals surface area contributed by atoms with Crippen molar-refractivity contribution in [1.82, 2.24) is 4.31 Å². The first-order valence-electron chi connectivity index (χ1n) is 5.71. The number of hydrogen-bond donors (Lipinski definition) is 1. The second-order valence-corrected chi connectivity index (χ2v) is 5.70. The molecular weight excluding hydrogens is 282 g/mol. The largest absolute Gasteiger partial charge is 0.459 e. The molecule has 108 valence electrons. The number of ether oxygens (including phenoxy) is 1. The molecule has 0 bridgehead atoms. The summed E-state index contributed by atoms with van der Waals surface area (Å²) in [6.07, 6.45) is 0. The minimum Gasteiger partial charge on any atom is -0.459 e. The van der Waals surface area contributed by atoms with E-state index in [1.165, 1.54) is 12.1 Å². The van der Waals surface area contributed by atoms with Gasteiger partial charge in [0.15, 0.2) is 0 Å². The van der Waals surface area contributed by atoms with Crippen LogP contribution in [0.25, 0.3) is 0 Å². The van der Waals surface area contributed by atoms with Crippen LogP contribution in [0.5, 0.6) is 0 Å². The molecule has 0 atom stereocenters. The lowest BCUT2D eigenvalue weighted by Gasteiger charge is -2.16. The van der Waals surface area contributed by atoms with Crippen LogP contribution in [0.2, 0.25) is 0 Å². The summed E-state index contributed by atoms with van der Waals surface area (Å²) in [7, 11) is -2.75. The molecule has 20 heavy (non-hydrogen) atoms. The maximum absolute atomic E-state index is 12.3. The number of sulfonamides is 1. The van der Waals surface area contributed by atoms with Crippen molar-refractivity contribution in [1.29, 1.82) is 0 Å². The molecule has 0 heterocycles. The van der Waals surface area contributed by atoms with E-state index in [0.29, 0.717) is 4.31 Å². The van der Waals surface area contributed by atoms with Crippen LogP contribution in [0.3, 0.4) is 0 Å². The number of aliphatic hydroxyl groups is 1. The predicted octanol–water partition coefficient (Wildman–Crippen LogP) is 0.112. The third-order valence-electron chi connectivity index (χ3n) is 2.38. The topological polar surface area (TPSA) is 83.9 Å². The van der Waals surface area contributed by atoms with Crippen LogP contribution in [0.15, 0.2) is 29.2 Å². The van der Waals surface area contributed by atoms with Gasteiger partial charge in [0.2, 0.25) is 0 Å². The van der Waals surface area contributed by atoms with Crippen molar-refractivity contribution in [2.45, 2.75) is 11.8 Å². The summed E-state index contributed by atoms with van der Waals surface area (Å²) < 4.78 is 29.6. The first-order valence-corrected chi connectivity index (χ1v) is 7.15. The van der Waals surface area contributed by atoms with E-state index in [1.54, 1.807) is 12.1 Å². The zero-order valence-electron chi connectivity index (χ0n) is 11.2. The van der Waals surface area contributed by atoms with Crippen LogP contribution in [-0.4, -0.2) is 44.1 Å². The summed E-state index contributed by atoms with van der Waals surface area (Å²) >= 11 is 0. The number of methoxy groups -OCH3 is 1. The normalized spacial score (nSPS) is 10.3. The Hall–Kier alpha value is -2.04. The third-order valence-corrected chi connectivity index (χ3v) is 4.10. The first-order chi connectivity index (χ1) is 9.41. The summed E-state index contributed by atoms with van der Waals surface area (Å²) in [6.45, 7) is 1.18. The maximum atomic E-state index is 12.3. The van der Waals surface area contributed by atoms with Gasteiger partial charge in [0.25, 0.3) is 10.0 Å². The van der Waals surface area contributed by atoms with E-state index >= 15 is 0 Å². The van der Waals surface area contributed by atoms with Gasteiger partial charge in [0.05, 0.1) is 25.2 Å². The summed E-state index contributed by atoms with van der Waals surface area (Å²) in [5.41, 5.74) is 0.915. The van der Waals surface area contributed by atoms with E-state index in [4.69, 9.17) is 5.11 Å². The van der Waals surface area contributed by atoms with Gasteiger partial charge >= 0.3 is 5.97 Å². The van der Waals surface area contributed by atoms with E-state index in [2.05, 4.69) is 10.8 Å². The highest BCUT2D eigenvalue weighted by Gasteiger charge is 2.21. The number of esters is 1. The average Bonchev–Trinajstić information content (AvgIpc) is 2.43. The molecule has 0 aliphatic carbocycles. The predicted molar refractivity (Wildman–Crippen MR) is 71.9 cm³/mol. The second-order valence-electron chi connectivity index (χ2n) is 3.84. The minimum atomic E-state index is -3.89. The summed E-state index contributed by atoms with van der Waals surface area (Å²) in [5.74, 6) is 1.17. The van der Waals surface area contributed by atoms with Crippen LogP contribution in [-0.2, 0) is 19.6 Å². The number of carbonyl (C=O) groups excluding carboxylic acids is 1. The second kappa shape index (κ2) is 6.93. The Morgan fingerprint density at radius 2 is 1.95 bits per heavy atom. The summed E-state index contributed by atoms with van der Waals surface area (Å²) in [6, 6.07) is 8.37. The Balaban J connectivity index is 3.14.